The summed E-state index contributed by atoms with van der Waals surface area (Å²) < 4.78 is 5.63. The fraction of sp³-hybridized carbons (Fsp3) is 0.533. The molecular weight excluding hydrogens is 242 g/mol. The minimum atomic E-state index is -0.758. The third-order valence-corrected chi connectivity index (χ3v) is 2.76. The monoisotopic (exact) mass is 265 g/mol. The average molecular weight is 265 g/mol. The molecule has 1 rings (SSSR count). The predicted molar refractivity (Wildman–Crippen MR) is 76.9 cm³/mol. The molecule has 0 aliphatic heterocycles. The summed E-state index contributed by atoms with van der Waals surface area (Å²) in [6, 6.07) is 6.03. The predicted octanol–water partition coefficient (Wildman–Crippen LogP) is 3.45. The molecule has 2 N–H and O–H groups in total. The van der Waals surface area contributed by atoms with Crippen LogP contribution in [0.25, 0.3) is 0 Å². The first kappa shape index (κ1) is 15.3. The number of carboxylic acid groups (broad SMARTS) is 1. The van der Waals surface area contributed by atoms with Gasteiger partial charge in [0.25, 0.3) is 0 Å². The van der Waals surface area contributed by atoms with Crippen molar-refractivity contribution in [3.8, 4) is 5.75 Å². The van der Waals surface area contributed by atoms with Gasteiger partial charge in [-0.05, 0) is 57.9 Å². The molecule has 0 heterocycles. The van der Waals surface area contributed by atoms with Gasteiger partial charge >= 0.3 is 5.97 Å². The second-order valence-electron chi connectivity index (χ2n) is 5.12. The molecule has 106 valence electrons. The summed E-state index contributed by atoms with van der Waals surface area (Å²) in [5.74, 6) is 0.0993. The zero-order valence-electron chi connectivity index (χ0n) is 12.1. The van der Waals surface area contributed by atoms with Crippen molar-refractivity contribution < 1.29 is 14.6 Å². The van der Waals surface area contributed by atoms with Gasteiger partial charge in [-0.25, -0.2) is 0 Å². The molecule has 1 aromatic carbocycles. The van der Waals surface area contributed by atoms with Crippen LogP contribution in [0.2, 0.25) is 0 Å². The number of benzene rings is 1. The molecule has 0 amide bonds. The molecule has 4 nitrogen and oxygen atoms in total. The van der Waals surface area contributed by atoms with Gasteiger partial charge in [0, 0.05) is 18.2 Å². The van der Waals surface area contributed by atoms with Crippen molar-refractivity contribution in [3.05, 3.63) is 23.8 Å². The first-order valence-corrected chi connectivity index (χ1v) is 6.64. The fourth-order valence-corrected chi connectivity index (χ4v) is 1.82. The highest BCUT2D eigenvalue weighted by atomic mass is 16.5. The number of rotatable bonds is 7. The molecule has 4 heteroatoms. The third kappa shape index (κ3) is 5.64. The van der Waals surface area contributed by atoms with Crippen molar-refractivity contribution >= 4 is 11.7 Å². The maximum atomic E-state index is 10.5. The van der Waals surface area contributed by atoms with E-state index < -0.39 is 5.97 Å². The molecule has 0 bridgehead atoms. The van der Waals surface area contributed by atoms with Gasteiger partial charge in [-0.2, -0.15) is 0 Å². The van der Waals surface area contributed by atoms with Crippen molar-refractivity contribution in [1.82, 2.24) is 0 Å². The van der Waals surface area contributed by atoms with Crippen LogP contribution in [-0.4, -0.2) is 23.2 Å². The lowest BCUT2D eigenvalue weighted by atomic mass is 10.1. The van der Waals surface area contributed by atoms with Crippen molar-refractivity contribution in [2.24, 2.45) is 0 Å². The molecule has 1 atom stereocenters. The van der Waals surface area contributed by atoms with Crippen LogP contribution in [0.3, 0.4) is 0 Å². The SMILES string of the molecule is Cc1cc(OC(C)C)ccc1NC(C)CCC(=O)O. The van der Waals surface area contributed by atoms with Gasteiger partial charge in [0.15, 0.2) is 0 Å². The van der Waals surface area contributed by atoms with Crippen LogP contribution in [0.1, 0.15) is 39.2 Å². The Bertz CT molecular complexity index is 429. The highest BCUT2D eigenvalue weighted by Gasteiger charge is 2.08. The first-order valence-electron chi connectivity index (χ1n) is 6.64. The van der Waals surface area contributed by atoms with Crippen molar-refractivity contribution in [2.75, 3.05) is 5.32 Å². The molecule has 0 aliphatic rings. The molecule has 0 spiro atoms. The Morgan fingerprint density at radius 2 is 2.05 bits per heavy atom. The summed E-state index contributed by atoms with van der Waals surface area (Å²) in [5, 5.41) is 12.0. The van der Waals surface area contributed by atoms with E-state index in [0.717, 1.165) is 17.0 Å². The molecular formula is C15H23NO3. The molecule has 1 unspecified atom stereocenters. The minimum absolute atomic E-state index is 0.131. The molecule has 0 radical (unpaired) electrons. The Balaban J connectivity index is 2.61. The normalized spacial score (nSPS) is 12.3. The maximum Gasteiger partial charge on any atom is 0.303 e. The lowest BCUT2D eigenvalue weighted by molar-refractivity contribution is -0.137. The van der Waals surface area contributed by atoms with E-state index in [1.165, 1.54) is 0 Å². The number of aliphatic carboxylic acids is 1. The van der Waals surface area contributed by atoms with Gasteiger partial charge in [0.2, 0.25) is 0 Å². The lowest BCUT2D eigenvalue weighted by Crippen LogP contribution is -2.17. The van der Waals surface area contributed by atoms with Crippen LogP contribution in [0.15, 0.2) is 18.2 Å². The van der Waals surface area contributed by atoms with Gasteiger partial charge in [-0.15, -0.1) is 0 Å². The molecule has 19 heavy (non-hydrogen) atoms. The standard InChI is InChI=1S/C15H23NO3/c1-10(2)19-13-6-7-14(11(3)9-13)16-12(4)5-8-15(17)18/h6-7,9-10,12,16H,5,8H2,1-4H3,(H,17,18). The Morgan fingerprint density at radius 3 is 2.58 bits per heavy atom. The van der Waals surface area contributed by atoms with Gasteiger partial charge in [-0.3, -0.25) is 4.79 Å². The smallest absolute Gasteiger partial charge is 0.303 e. The first-order chi connectivity index (χ1) is 8.88. The quantitative estimate of drug-likeness (QED) is 0.792. The topological polar surface area (TPSA) is 58.6 Å². The molecule has 0 saturated heterocycles. The number of carboxylic acids is 1. The molecule has 0 aliphatic carbocycles. The molecule has 0 aromatic heterocycles. The molecule has 0 fully saturated rings. The zero-order chi connectivity index (χ0) is 14.4. The zero-order valence-corrected chi connectivity index (χ0v) is 12.1. The van der Waals surface area contributed by atoms with Crippen molar-refractivity contribution in [3.63, 3.8) is 0 Å². The Kier molecular flexibility index (Phi) is 5.67. The minimum Gasteiger partial charge on any atom is -0.491 e. The van der Waals surface area contributed by atoms with E-state index in [1.54, 1.807) is 0 Å². The fourth-order valence-electron chi connectivity index (χ4n) is 1.82. The molecule has 1 aromatic rings. The van der Waals surface area contributed by atoms with Gasteiger partial charge in [0.1, 0.15) is 5.75 Å². The van der Waals surface area contributed by atoms with Crippen LogP contribution in [-0.2, 0) is 4.79 Å². The van der Waals surface area contributed by atoms with E-state index >= 15 is 0 Å². The third-order valence-electron chi connectivity index (χ3n) is 2.76. The Hall–Kier alpha value is -1.71. The van der Waals surface area contributed by atoms with Crippen LogP contribution in [0, 0.1) is 6.92 Å². The number of carbonyl (C=O) groups is 1. The number of nitrogens with one attached hydrogen (secondary N) is 1. The summed E-state index contributed by atoms with van der Waals surface area (Å²) >= 11 is 0. The van der Waals surface area contributed by atoms with E-state index in [2.05, 4.69) is 5.32 Å². The van der Waals surface area contributed by atoms with Crippen LogP contribution in [0.4, 0.5) is 5.69 Å². The summed E-state index contributed by atoms with van der Waals surface area (Å²) in [6.07, 6.45) is 0.952. The number of aryl methyl sites for hydroxylation is 1. The maximum absolute atomic E-state index is 10.5. The highest BCUT2D eigenvalue weighted by Crippen LogP contribution is 2.23. The van der Waals surface area contributed by atoms with Crippen molar-refractivity contribution in [1.29, 1.82) is 0 Å². The largest absolute Gasteiger partial charge is 0.491 e. The number of hydrogen-bond donors (Lipinski definition) is 2. The van der Waals surface area contributed by atoms with E-state index in [-0.39, 0.29) is 18.6 Å². The summed E-state index contributed by atoms with van der Waals surface area (Å²) in [6.45, 7) is 7.99. The number of hydrogen-bond acceptors (Lipinski definition) is 3. The molecule has 0 saturated carbocycles. The second kappa shape index (κ2) is 7.02. The van der Waals surface area contributed by atoms with E-state index in [1.807, 2.05) is 45.9 Å². The number of anilines is 1. The summed E-state index contributed by atoms with van der Waals surface area (Å²) in [5.41, 5.74) is 2.12. The van der Waals surface area contributed by atoms with E-state index in [4.69, 9.17) is 9.84 Å². The van der Waals surface area contributed by atoms with Crippen LogP contribution < -0.4 is 10.1 Å². The lowest BCUT2D eigenvalue weighted by Gasteiger charge is -2.17. The van der Waals surface area contributed by atoms with Crippen LogP contribution in [0.5, 0.6) is 5.75 Å². The Morgan fingerprint density at radius 1 is 1.37 bits per heavy atom. The van der Waals surface area contributed by atoms with E-state index in [9.17, 15) is 4.79 Å². The number of ether oxygens (including phenoxy) is 1. The average Bonchev–Trinajstić information content (AvgIpc) is 2.29. The van der Waals surface area contributed by atoms with Crippen molar-refractivity contribution in [2.45, 2.75) is 52.7 Å². The Labute approximate surface area is 114 Å². The van der Waals surface area contributed by atoms with Gasteiger partial charge in [-0.1, -0.05) is 0 Å². The van der Waals surface area contributed by atoms with Gasteiger partial charge < -0.3 is 15.2 Å². The van der Waals surface area contributed by atoms with Gasteiger partial charge in [0.05, 0.1) is 6.10 Å². The van der Waals surface area contributed by atoms with Crippen LogP contribution >= 0.6 is 0 Å². The summed E-state index contributed by atoms with van der Waals surface area (Å²) in [7, 11) is 0. The highest BCUT2D eigenvalue weighted by molar-refractivity contribution is 5.66. The second-order valence-corrected chi connectivity index (χ2v) is 5.12. The van der Waals surface area contributed by atoms with E-state index in [0.29, 0.717) is 6.42 Å². The summed E-state index contributed by atoms with van der Waals surface area (Å²) in [4.78, 5) is 10.5.